The van der Waals surface area contributed by atoms with Gasteiger partial charge in [0.05, 0.1) is 17.0 Å². The van der Waals surface area contributed by atoms with Crippen molar-refractivity contribution < 1.29 is 29.4 Å². The summed E-state index contributed by atoms with van der Waals surface area (Å²) in [6.07, 6.45) is 16.7. The summed E-state index contributed by atoms with van der Waals surface area (Å²) in [6.45, 7) is 8.34. The molecule has 0 bridgehead atoms. The Balaban J connectivity index is 0.000000219. The molecule has 12 nitrogen and oxygen atoms in total. The first-order valence-electron chi connectivity index (χ1n) is 21.5. The molecular weight excluding hydrogens is 761 g/mol. The van der Waals surface area contributed by atoms with Crippen LogP contribution in [0.25, 0.3) is 0 Å². The predicted molar refractivity (Wildman–Crippen MR) is 229 cm³/mol. The largest absolute Gasteiger partial charge is 0.481 e. The number of piperidine rings is 1. The van der Waals surface area contributed by atoms with E-state index in [0.29, 0.717) is 34.9 Å². The maximum Gasteiger partial charge on any atom is 0.326 e. The minimum absolute atomic E-state index is 0.00598. The zero-order chi connectivity index (χ0) is 40.7. The third kappa shape index (κ3) is 12.7. The van der Waals surface area contributed by atoms with E-state index in [1.165, 1.54) is 38.5 Å². The van der Waals surface area contributed by atoms with Gasteiger partial charge in [-0.15, -0.1) is 23.5 Å². The zero-order valence-corrected chi connectivity index (χ0v) is 35.8. The van der Waals surface area contributed by atoms with Crippen molar-refractivity contribution in [1.82, 2.24) is 20.6 Å². The van der Waals surface area contributed by atoms with Crippen LogP contribution in [0, 0.1) is 11.8 Å². The molecule has 2 aromatic rings. The highest BCUT2D eigenvalue weighted by atomic mass is 32.2. The number of rotatable bonds is 15. The van der Waals surface area contributed by atoms with Gasteiger partial charge >= 0.3 is 11.9 Å². The van der Waals surface area contributed by atoms with Crippen LogP contribution in [0.1, 0.15) is 144 Å². The molecule has 2 saturated heterocycles. The molecule has 4 N–H and O–H groups in total. The second kappa shape index (κ2) is 22.6. The summed E-state index contributed by atoms with van der Waals surface area (Å²) >= 11 is 3.22. The summed E-state index contributed by atoms with van der Waals surface area (Å²) in [5.41, 5.74) is 1.28. The van der Waals surface area contributed by atoms with Gasteiger partial charge in [0.1, 0.15) is 27.7 Å². The predicted octanol–water partition coefficient (Wildman–Crippen LogP) is 8.28. The van der Waals surface area contributed by atoms with Gasteiger partial charge in [-0.05, 0) is 106 Å². The number of carboxylic acids is 2. The van der Waals surface area contributed by atoms with E-state index in [0.717, 1.165) is 93.2 Å². The first-order valence-corrected chi connectivity index (χ1v) is 23.4. The second-order valence-corrected chi connectivity index (χ2v) is 18.2. The van der Waals surface area contributed by atoms with E-state index in [4.69, 9.17) is 9.97 Å². The minimum Gasteiger partial charge on any atom is -0.481 e. The van der Waals surface area contributed by atoms with E-state index in [1.807, 2.05) is 23.1 Å². The number of carbonyl (C=O) groups excluding carboxylic acids is 2. The Labute approximate surface area is 347 Å². The molecule has 2 aromatic heterocycles. The van der Waals surface area contributed by atoms with Gasteiger partial charge in [-0.3, -0.25) is 14.4 Å². The fourth-order valence-electron chi connectivity index (χ4n) is 8.31. The van der Waals surface area contributed by atoms with Crippen molar-refractivity contribution >= 4 is 58.9 Å². The highest BCUT2D eigenvalue weighted by molar-refractivity contribution is 7.99. The number of hydrogen-bond acceptors (Lipinski definition) is 10. The van der Waals surface area contributed by atoms with E-state index < -0.39 is 18.0 Å². The quantitative estimate of drug-likeness (QED) is 0.127. The molecule has 2 amide bonds. The number of amides is 2. The molecule has 2 aliphatic carbocycles. The van der Waals surface area contributed by atoms with Crippen molar-refractivity contribution in [3.05, 3.63) is 35.4 Å². The summed E-state index contributed by atoms with van der Waals surface area (Å²) in [7, 11) is 0. The van der Waals surface area contributed by atoms with E-state index in [-0.39, 0.29) is 35.7 Å². The lowest BCUT2D eigenvalue weighted by Crippen LogP contribution is -2.38. The minimum atomic E-state index is -0.809. The van der Waals surface area contributed by atoms with Crippen LogP contribution in [0.2, 0.25) is 0 Å². The van der Waals surface area contributed by atoms with E-state index >= 15 is 0 Å². The highest BCUT2D eigenvalue weighted by Crippen LogP contribution is 2.32. The number of nitrogens with one attached hydrogen (secondary N) is 2. The monoisotopic (exact) mass is 824 g/mol. The fraction of sp³-hybridized carbons (Fsp3) is 0.674. The molecule has 2 saturated carbocycles. The van der Waals surface area contributed by atoms with Crippen LogP contribution in [-0.4, -0.2) is 93.2 Å². The molecule has 0 unspecified atom stereocenters. The normalized spacial score (nSPS) is 20.0. The average Bonchev–Trinajstić information content (AvgIpc) is 3.74. The van der Waals surface area contributed by atoms with Crippen LogP contribution >= 0.6 is 23.5 Å². The fourth-order valence-corrected chi connectivity index (χ4v) is 10.1. The molecule has 14 heteroatoms. The van der Waals surface area contributed by atoms with Gasteiger partial charge < -0.3 is 30.6 Å². The molecule has 314 valence electrons. The molecule has 4 aliphatic rings. The van der Waals surface area contributed by atoms with Crippen molar-refractivity contribution in [2.45, 2.75) is 152 Å². The van der Waals surface area contributed by atoms with Crippen molar-refractivity contribution in [2.75, 3.05) is 40.9 Å². The van der Waals surface area contributed by atoms with Crippen LogP contribution < -0.4 is 20.4 Å². The summed E-state index contributed by atoms with van der Waals surface area (Å²) in [6, 6.07) is 7.50. The lowest BCUT2D eigenvalue weighted by Gasteiger charge is -2.34. The van der Waals surface area contributed by atoms with Crippen molar-refractivity contribution in [3.63, 3.8) is 0 Å². The molecule has 0 spiro atoms. The number of thioether (sulfide) groups is 2. The standard InChI is InChI=1S/C23H35N3O3S.C20H29N3O3S/c1-3-15-30-22-19(21(27)24-18-7-5-4-6-8-18)9-10-20(25-22)26-13-11-17(12-14-26)16(2)23(28)29;1-2-13-27-19-15(18(24)21-14-7-4-3-5-8-14)10-11-17(22-19)23-12-6-9-16(23)20(25)26/h9-10,16-18H,3-8,11-15H2,1-2H3,(H,24,27)(H,28,29);10-11,14,16H,2-9,12-13H2,1H3,(H,21,24)(H,25,26)/t2*16-/m00/s1. The third-order valence-electron chi connectivity index (χ3n) is 11.7. The van der Waals surface area contributed by atoms with Gasteiger partial charge in [0.15, 0.2) is 0 Å². The maximum absolute atomic E-state index is 12.9. The Kier molecular flexibility index (Phi) is 17.7. The number of carboxylic acid groups (broad SMARTS) is 2. The first-order chi connectivity index (χ1) is 27.6. The molecule has 57 heavy (non-hydrogen) atoms. The van der Waals surface area contributed by atoms with Crippen molar-refractivity contribution in [1.29, 1.82) is 0 Å². The van der Waals surface area contributed by atoms with Crippen molar-refractivity contribution in [3.8, 4) is 0 Å². The highest BCUT2D eigenvalue weighted by Gasteiger charge is 2.33. The number of nitrogens with zero attached hydrogens (tertiary/aromatic N) is 4. The summed E-state index contributed by atoms with van der Waals surface area (Å²) in [4.78, 5) is 62.2. The van der Waals surface area contributed by atoms with Crippen LogP contribution in [0.3, 0.4) is 0 Å². The third-order valence-corrected chi connectivity index (χ3v) is 14.1. The van der Waals surface area contributed by atoms with Crippen LogP contribution in [0.4, 0.5) is 11.6 Å². The number of aromatic nitrogens is 2. The Bertz CT molecular complexity index is 1640. The van der Waals surface area contributed by atoms with Crippen LogP contribution in [-0.2, 0) is 9.59 Å². The number of aliphatic carboxylic acids is 2. The SMILES string of the molecule is CCCSc1nc(N2CCC([C@H](C)C(=O)O)CC2)ccc1C(=O)NC1CCCCC1.CCCSc1nc(N2CCC[C@H]2C(=O)O)ccc1C(=O)NC1CCCCC1. The molecule has 6 rings (SSSR count). The van der Waals surface area contributed by atoms with Gasteiger partial charge in [-0.2, -0.15) is 0 Å². The average molecular weight is 825 g/mol. The van der Waals surface area contributed by atoms with Gasteiger partial charge in [0, 0.05) is 31.7 Å². The van der Waals surface area contributed by atoms with Gasteiger partial charge in [-0.25, -0.2) is 14.8 Å². The smallest absolute Gasteiger partial charge is 0.326 e. The first kappa shape index (κ1) is 44.6. The summed E-state index contributed by atoms with van der Waals surface area (Å²) in [5.74, 6) is 1.69. The Morgan fingerprint density at radius 3 is 1.65 bits per heavy atom. The zero-order valence-electron chi connectivity index (χ0n) is 34.2. The molecule has 4 fully saturated rings. The Hall–Kier alpha value is -3.52. The topological polar surface area (TPSA) is 165 Å². The van der Waals surface area contributed by atoms with Crippen molar-refractivity contribution in [2.24, 2.45) is 11.8 Å². The van der Waals surface area contributed by atoms with Crippen LogP contribution in [0.5, 0.6) is 0 Å². The van der Waals surface area contributed by atoms with E-state index in [9.17, 15) is 29.4 Å². The summed E-state index contributed by atoms with van der Waals surface area (Å²) in [5, 5.41) is 26.6. The van der Waals surface area contributed by atoms with Gasteiger partial charge in [0.25, 0.3) is 11.8 Å². The summed E-state index contributed by atoms with van der Waals surface area (Å²) < 4.78 is 0. The lowest BCUT2D eigenvalue weighted by atomic mass is 9.85. The lowest BCUT2D eigenvalue weighted by molar-refractivity contribution is -0.143. The van der Waals surface area contributed by atoms with Gasteiger partial charge in [0.2, 0.25) is 0 Å². The van der Waals surface area contributed by atoms with Crippen LogP contribution in [0.15, 0.2) is 34.3 Å². The van der Waals surface area contributed by atoms with E-state index in [2.05, 4.69) is 29.4 Å². The molecular formula is C43H64N6O6S2. The number of hydrogen-bond donors (Lipinski definition) is 4. The molecule has 0 radical (unpaired) electrons. The molecule has 2 aliphatic heterocycles. The van der Waals surface area contributed by atoms with E-state index in [1.54, 1.807) is 36.5 Å². The second-order valence-electron chi connectivity index (χ2n) is 16.0. The number of pyridine rings is 2. The number of anilines is 2. The molecule has 4 heterocycles. The maximum atomic E-state index is 12.9. The number of carbonyl (C=O) groups is 4. The molecule has 0 aromatic carbocycles. The van der Waals surface area contributed by atoms with Gasteiger partial charge in [-0.1, -0.05) is 59.3 Å². The molecule has 2 atom stereocenters. The Morgan fingerprint density at radius 1 is 0.684 bits per heavy atom. The Morgan fingerprint density at radius 2 is 1.18 bits per heavy atom.